The van der Waals surface area contributed by atoms with Crippen LogP contribution >= 0.6 is 0 Å². The Labute approximate surface area is 89.6 Å². The van der Waals surface area contributed by atoms with E-state index in [4.69, 9.17) is 10.2 Å². The Morgan fingerprint density at radius 3 is 2.67 bits per heavy atom. The lowest BCUT2D eigenvalue weighted by Gasteiger charge is -2.34. The molecule has 0 atom stereocenters. The van der Waals surface area contributed by atoms with Gasteiger partial charge >= 0.3 is 0 Å². The highest BCUT2D eigenvalue weighted by atomic mass is 16.3. The molecule has 1 aliphatic carbocycles. The van der Waals surface area contributed by atoms with Gasteiger partial charge in [-0.3, -0.25) is 4.79 Å². The van der Waals surface area contributed by atoms with Gasteiger partial charge in [-0.25, -0.2) is 0 Å². The molecular weight excluding hydrogens is 190 g/mol. The smallest absolute Gasteiger partial charge is 0.173 e. The van der Waals surface area contributed by atoms with E-state index >= 15 is 0 Å². The lowest BCUT2D eigenvalue weighted by atomic mass is 9.70. The summed E-state index contributed by atoms with van der Waals surface area (Å²) in [5.74, 6) is 0.165. The molecule has 0 bridgehead atoms. The van der Waals surface area contributed by atoms with Crippen LogP contribution in [0.15, 0.2) is 23.0 Å². The zero-order valence-corrected chi connectivity index (χ0v) is 8.87. The van der Waals surface area contributed by atoms with Crippen LogP contribution in [0.1, 0.15) is 42.5 Å². The normalized spacial score (nSPS) is 20.1. The second-order valence-electron chi connectivity index (χ2n) is 4.39. The van der Waals surface area contributed by atoms with Crippen LogP contribution in [0.25, 0.3) is 0 Å². The van der Waals surface area contributed by atoms with Crippen LogP contribution in [0.3, 0.4) is 0 Å². The van der Waals surface area contributed by atoms with E-state index in [1.165, 1.54) is 12.7 Å². The molecule has 3 nitrogen and oxygen atoms in total. The zero-order chi connectivity index (χ0) is 10.7. The van der Waals surface area contributed by atoms with Gasteiger partial charge in [0.2, 0.25) is 0 Å². The van der Waals surface area contributed by atoms with Gasteiger partial charge in [-0.2, -0.15) is 0 Å². The van der Waals surface area contributed by atoms with Crippen molar-refractivity contribution in [3.8, 4) is 0 Å². The predicted octanol–water partition coefficient (Wildman–Crippen LogP) is 2.37. The number of Topliss-reactive ketones (excluding diaryl/α,β-unsaturated/α-hetero) is 1. The van der Waals surface area contributed by atoms with E-state index < -0.39 is 0 Å². The number of carbonyl (C=O) groups is 1. The summed E-state index contributed by atoms with van der Waals surface area (Å²) < 4.78 is 4.95. The van der Waals surface area contributed by atoms with Crippen LogP contribution in [0.2, 0.25) is 0 Å². The van der Waals surface area contributed by atoms with E-state index in [1.54, 1.807) is 12.3 Å². The monoisotopic (exact) mass is 207 g/mol. The number of nitrogens with two attached hydrogens (primary N) is 1. The van der Waals surface area contributed by atoms with Crippen molar-refractivity contribution in [2.75, 3.05) is 6.54 Å². The quantitative estimate of drug-likeness (QED) is 0.774. The van der Waals surface area contributed by atoms with Gasteiger partial charge in [-0.15, -0.1) is 0 Å². The largest absolute Gasteiger partial charge is 0.472 e. The zero-order valence-electron chi connectivity index (χ0n) is 8.87. The molecule has 0 spiro atoms. The third-order valence-corrected chi connectivity index (χ3v) is 3.47. The molecule has 1 saturated carbocycles. The molecule has 0 radical (unpaired) electrons. The minimum absolute atomic E-state index is 0.165. The summed E-state index contributed by atoms with van der Waals surface area (Å²) in [5, 5.41) is 0. The number of carbonyl (C=O) groups excluding carboxylic acids is 1. The van der Waals surface area contributed by atoms with Gasteiger partial charge in [0.05, 0.1) is 11.8 Å². The highest BCUT2D eigenvalue weighted by Crippen LogP contribution is 2.38. The average molecular weight is 207 g/mol. The molecule has 82 valence electrons. The highest BCUT2D eigenvalue weighted by molar-refractivity contribution is 6.00. The molecule has 1 aromatic heterocycles. The fourth-order valence-electron chi connectivity index (χ4n) is 2.45. The molecule has 0 aliphatic heterocycles. The fraction of sp³-hybridized carbons (Fsp3) is 0.583. The second kappa shape index (κ2) is 4.19. The van der Waals surface area contributed by atoms with E-state index in [9.17, 15) is 4.79 Å². The van der Waals surface area contributed by atoms with E-state index in [0.29, 0.717) is 12.1 Å². The van der Waals surface area contributed by atoms with Crippen LogP contribution in [0, 0.1) is 5.41 Å². The van der Waals surface area contributed by atoms with Gasteiger partial charge in [-0.05, 0) is 18.9 Å². The minimum atomic E-state index is -0.317. The number of hydrogen-bond donors (Lipinski definition) is 1. The third-order valence-electron chi connectivity index (χ3n) is 3.47. The first-order chi connectivity index (χ1) is 7.28. The molecule has 1 aliphatic rings. The van der Waals surface area contributed by atoms with Crippen molar-refractivity contribution in [2.45, 2.75) is 32.1 Å². The Morgan fingerprint density at radius 1 is 1.40 bits per heavy atom. The maximum Gasteiger partial charge on any atom is 0.173 e. The van der Waals surface area contributed by atoms with Gasteiger partial charge in [-0.1, -0.05) is 19.3 Å². The summed E-state index contributed by atoms with van der Waals surface area (Å²) in [4.78, 5) is 12.3. The SMILES string of the molecule is NCC1(C(=O)c2ccoc2)CCCCC1. The van der Waals surface area contributed by atoms with Crippen LogP contribution in [0.5, 0.6) is 0 Å². The lowest BCUT2D eigenvalue weighted by Crippen LogP contribution is -2.40. The van der Waals surface area contributed by atoms with Crippen molar-refractivity contribution in [2.24, 2.45) is 11.1 Å². The molecule has 1 fully saturated rings. The van der Waals surface area contributed by atoms with E-state index in [2.05, 4.69) is 0 Å². The Hall–Kier alpha value is -1.09. The lowest BCUT2D eigenvalue weighted by molar-refractivity contribution is 0.0729. The van der Waals surface area contributed by atoms with Gasteiger partial charge in [0.1, 0.15) is 6.26 Å². The van der Waals surface area contributed by atoms with Crippen molar-refractivity contribution in [1.29, 1.82) is 0 Å². The first kappa shape index (κ1) is 10.4. The van der Waals surface area contributed by atoms with Crippen LogP contribution in [0.4, 0.5) is 0 Å². The molecule has 0 unspecified atom stereocenters. The van der Waals surface area contributed by atoms with Crippen molar-refractivity contribution in [1.82, 2.24) is 0 Å². The number of furan rings is 1. The standard InChI is InChI=1S/C12H17NO2/c13-9-12(5-2-1-3-6-12)11(14)10-4-7-15-8-10/h4,7-8H,1-3,5-6,9,13H2. The van der Waals surface area contributed by atoms with Gasteiger partial charge in [0, 0.05) is 12.0 Å². The first-order valence-electron chi connectivity index (χ1n) is 5.56. The summed E-state index contributed by atoms with van der Waals surface area (Å²) in [6, 6.07) is 1.73. The van der Waals surface area contributed by atoms with Crippen molar-refractivity contribution in [3.63, 3.8) is 0 Å². The summed E-state index contributed by atoms with van der Waals surface area (Å²) in [5.41, 5.74) is 6.15. The molecule has 1 heterocycles. The Kier molecular flexibility index (Phi) is 2.91. The Morgan fingerprint density at radius 2 is 2.13 bits per heavy atom. The topological polar surface area (TPSA) is 56.2 Å². The average Bonchev–Trinajstić information content (AvgIpc) is 2.82. The molecule has 0 saturated heterocycles. The van der Waals surface area contributed by atoms with Gasteiger partial charge < -0.3 is 10.2 Å². The van der Waals surface area contributed by atoms with E-state index in [1.807, 2.05) is 0 Å². The number of hydrogen-bond acceptors (Lipinski definition) is 3. The maximum absolute atomic E-state index is 12.3. The molecule has 2 rings (SSSR count). The number of rotatable bonds is 3. The minimum Gasteiger partial charge on any atom is -0.472 e. The molecule has 3 heteroatoms. The van der Waals surface area contributed by atoms with Crippen molar-refractivity contribution in [3.05, 3.63) is 24.2 Å². The molecule has 0 amide bonds. The maximum atomic E-state index is 12.3. The Balaban J connectivity index is 2.22. The predicted molar refractivity (Wildman–Crippen MR) is 57.6 cm³/mol. The molecular formula is C12H17NO2. The van der Waals surface area contributed by atoms with E-state index in [0.717, 1.165) is 25.7 Å². The molecule has 15 heavy (non-hydrogen) atoms. The summed E-state index contributed by atoms with van der Waals surface area (Å²) >= 11 is 0. The van der Waals surface area contributed by atoms with Crippen LogP contribution in [-0.2, 0) is 0 Å². The summed E-state index contributed by atoms with van der Waals surface area (Å²) in [6.07, 6.45) is 8.36. The summed E-state index contributed by atoms with van der Waals surface area (Å²) in [6.45, 7) is 0.455. The fourth-order valence-corrected chi connectivity index (χ4v) is 2.45. The Bertz CT molecular complexity index is 323. The molecule has 2 N–H and O–H groups in total. The summed E-state index contributed by atoms with van der Waals surface area (Å²) in [7, 11) is 0. The molecule has 1 aromatic rings. The van der Waals surface area contributed by atoms with E-state index in [-0.39, 0.29) is 11.2 Å². The van der Waals surface area contributed by atoms with Crippen molar-refractivity contribution >= 4 is 5.78 Å². The highest BCUT2D eigenvalue weighted by Gasteiger charge is 2.38. The first-order valence-corrected chi connectivity index (χ1v) is 5.56. The molecule has 0 aromatic carbocycles. The third kappa shape index (κ3) is 1.84. The second-order valence-corrected chi connectivity index (χ2v) is 4.39. The number of ketones is 1. The van der Waals surface area contributed by atoms with Crippen LogP contribution < -0.4 is 5.73 Å². The van der Waals surface area contributed by atoms with Crippen LogP contribution in [-0.4, -0.2) is 12.3 Å². The van der Waals surface area contributed by atoms with Gasteiger partial charge in [0.15, 0.2) is 5.78 Å². The van der Waals surface area contributed by atoms with Gasteiger partial charge in [0.25, 0.3) is 0 Å². The van der Waals surface area contributed by atoms with Crippen molar-refractivity contribution < 1.29 is 9.21 Å².